The van der Waals surface area contributed by atoms with Gasteiger partial charge in [0.15, 0.2) is 0 Å². The number of hydrogen-bond acceptors (Lipinski definition) is 2. The molecule has 2 atom stereocenters. The number of para-hydroxylation sites is 2. The zero-order chi connectivity index (χ0) is 12.5. The zero-order valence-corrected chi connectivity index (χ0v) is 11.1. The van der Waals surface area contributed by atoms with Gasteiger partial charge in [0.2, 0.25) is 0 Å². The second kappa shape index (κ2) is 4.73. The number of methoxy groups -OCH3 is 1. The monoisotopic (exact) mass is 244 g/mol. The first kappa shape index (κ1) is 11.7. The Morgan fingerprint density at radius 3 is 2.94 bits per heavy atom. The zero-order valence-electron chi connectivity index (χ0n) is 11.1. The summed E-state index contributed by atoms with van der Waals surface area (Å²) in [4.78, 5) is 4.66. The molecule has 2 aromatic rings. The summed E-state index contributed by atoms with van der Waals surface area (Å²) in [5, 5.41) is 0. The summed E-state index contributed by atoms with van der Waals surface area (Å²) in [6, 6.07) is 8.95. The Kier molecular flexibility index (Phi) is 3.08. The van der Waals surface area contributed by atoms with E-state index in [1.54, 1.807) is 0 Å². The van der Waals surface area contributed by atoms with Crippen molar-refractivity contribution in [3.8, 4) is 0 Å². The van der Waals surface area contributed by atoms with Crippen molar-refractivity contribution < 1.29 is 4.74 Å². The largest absolute Gasteiger partial charge is 0.381 e. The SMILES string of the molecule is COC1CCCC(n2c(C)nc3ccccc32)C1. The minimum atomic E-state index is 0.407. The molecule has 3 nitrogen and oxygen atoms in total. The topological polar surface area (TPSA) is 27.1 Å². The molecular formula is C15H20N2O. The van der Waals surface area contributed by atoms with Crippen molar-refractivity contribution >= 4 is 11.0 Å². The van der Waals surface area contributed by atoms with Gasteiger partial charge in [-0.3, -0.25) is 0 Å². The molecule has 2 unspecified atom stereocenters. The van der Waals surface area contributed by atoms with Gasteiger partial charge in [-0.05, 0) is 44.7 Å². The van der Waals surface area contributed by atoms with E-state index in [-0.39, 0.29) is 0 Å². The van der Waals surface area contributed by atoms with Crippen molar-refractivity contribution in [3.05, 3.63) is 30.1 Å². The predicted octanol–water partition coefficient (Wildman–Crippen LogP) is 3.47. The van der Waals surface area contributed by atoms with Crippen LogP contribution < -0.4 is 0 Å². The van der Waals surface area contributed by atoms with Crippen LogP contribution in [0.4, 0.5) is 0 Å². The number of hydrogen-bond donors (Lipinski definition) is 0. The summed E-state index contributed by atoms with van der Waals surface area (Å²) in [6.45, 7) is 2.11. The van der Waals surface area contributed by atoms with Crippen molar-refractivity contribution in [1.82, 2.24) is 9.55 Å². The predicted molar refractivity (Wildman–Crippen MR) is 72.8 cm³/mol. The summed E-state index contributed by atoms with van der Waals surface area (Å²) in [7, 11) is 1.83. The third-order valence-electron chi connectivity index (χ3n) is 4.07. The van der Waals surface area contributed by atoms with E-state index in [1.165, 1.54) is 24.8 Å². The standard InChI is InChI=1S/C15H20N2O/c1-11-16-14-8-3-4-9-15(14)17(11)12-6-5-7-13(10-12)18-2/h3-4,8-9,12-13H,5-7,10H2,1-2H3. The maximum atomic E-state index is 5.54. The molecule has 1 aromatic carbocycles. The highest BCUT2D eigenvalue weighted by Gasteiger charge is 2.25. The Labute approximate surface area is 108 Å². The second-order valence-corrected chi connectivity index (χ2v) is 5.20. The molecule has 1 heterocycles. The van der Waals surface area contributed by atoms with Crippen LogP contribution in [0.5, 0.6) is 0 Å². The molecule has 1 saturated carbocycles. The maximum absolute atomic E-state index is 5.54. The summed E-state index contributed by atoms with van der Waals surface area (Å²) in [5.74, 6) is 1.12. The van der Waals surface area contributed by atoms with Crippen LogP contribution in [0.1, 0.15) is 37.5 Å². The van der Waals surface area contributed by atoms with Crippen molar-refractivity contribution in [2.75, 3.05) is 7.11 Å². The van der Waals surface area contributed by atoms with Crippen molar-refractivity contribution in [2.24, 2.45) is 0 Å². The lowest BCUT2D eigenvalue weighted by Crippen LogP contribution is -2.24. The van der Waals surface area contributed by atoms with E-state index in [0.29, 0.717) is 12.1 Å². The molecular weight excluding hydrogens is 224 g/mol. The Morgan fingerprint density at radius 1 is 1.28 bits per heavy atom. The molecule has 0 bridgehead atoms. The molecule has 0 radical (unpaired) electrons. The molecule has 96 valence electrons. The van der Waals surface area contributed by atoms with E-state index in [1.807, 2.05) is 7.11 Å². The van der Waals surface area contributed by atoms with Gasteiger partial charge in [-0.1, -0.05) is 12.1 Å². The van der Waals surface area contributed by atoms with Crippen molar-refractivity contribution in [2.45, 2.75) is 44.8 Å². The summed E-state index contributed by atoms with van der Waals surface area (Å²) < 4.78 is 7.94. The van der Waals surface area contributed by atoms with Gasteiger partial charge in [-0.2, -0.15) is 0 Å². The highest BCUT2D eigenvalue weighted by molar-refractivity contribution is 5.76. The van der Waals surface area contributed by atoms with Gasteiger partial charge in [0.05, 0.1) is 17.1 Å². The van der Waals surface area contributed by atoms with Crippen LogP contribution in [0.3, 0.4) is 0 Å². The van der Waals surface area contributed by atoms with Gasteiger partial charge in [-0.25, -0.2) is 4.98 Å². The van der Waals surface area contributed by atoms with Crippen LogP contribution in [-0.2, 0) is 4.74 Å². The van der Waals surface area contributed by atoms with Crippen molar-refractivity contribution in [3.63, 3.8) is 0 Å². The van der Waals surface area contributed by atoms with Gasteiger partial charge >= 0.3 is 0 Å². The van der Waals surface area contributed by atoms with Crippen LogP contribution in [0.25, 0.3) is 11.0 Å². The van der Waals surface area contributed by atoms with Crippen LogP contribution in [0.15, 0.2) is 24.3 Å². The molecule has 0 spiro atoms. The smallest absolute Gasteiger partial charge is 0.106 e. The van der Waals surface area contributed by atoms with Crippen LogP contribution in [0, 0.1) is 6.92 Å². The number of rotatable bonds is 2. The Balaban J connectivity index is 2.00. The van der Waals surface area contributed by atoms with Crippen LogP contribution in [-0.4, -0.2) is 22.8 Å². The molecule has 0 saturated heterocycles. The van der Waals surface area contributed by atoms with E-state index in [9.17, 15) is 0 Å². The van der Waals surface area contributed by atoms with E-state index >= 15 is 0 Å². The maximum Gasteiger partial charge on any atom is 0.106 e. The lowest BCUT2D eigenvalue weighted by atomic mass is 9.92. The molecule has 1 aromatic heterocycles. The fourth-order valence-electron chi connectivity index (χ4n) is 3.19. The Hall–Kier alpha value is -1.35. The number of nitrogens with zero attached hydrogens (tertiary/aromatic N) is 2. The van der Waals surface area contributed by atoms with Gasteiger partial charge in [-0.15, -0.1) is 0 Å². The summed E-state index contributed by atoms with van der Waals surface area (Å²) >= 11 is 0. The molecule has 1 aliphatic rings. The lowest BCUT2D eigenvalue weighted by Gasteiger charge is -2.30. The first-order chi connectivity index (χ1) is 8.79. The van der Waals surface area contributed by atoms with Crippen LogP contribution >= 0.6 is 0 Å². The Bertz CT molecular complexity index is 546. The first-order valence-electron chi connectivity index (χ1n) is 6.76. The first-order valence-corrected chi connectivity index (χ1v) is 6.76. The van der Waals surface area contributed by atoms with Gasteiger partial charge < -0.3 is 9.30 Å². The molecule has 1 aliphatic carbocycles. The minimum absolute atomic E-state index is 0.407. The number of aryl methyl sites for hydroxylation is 1. The number of imidazole rings is 1. The molecule has 3 heteroatoms. The van der Waals surface area contributed by atoms with E-state index < -0.39 is 0 Å². The summed E-state index contributed by atoms with van der Waals surface area (Å²) in [6.07, 6.45) is 5.19. The number of fused-ring (bicyclic) bond motifs is 1. The van der Waals surface area contributed by atoms with Gasteiger partial charge in [0, 0.05) is 13.2 Å². The van der Waals surface area contributed by atoms with Gasteiger partial charge in [0.1, 0.15) is 5.82 Å². The van der Waals surface area contributed by atoms with E-state index in [4.69, 9.17) is 4.74 Å². The molecule has 1 fully saturated rings. The fourth-order valence-corrected chi connectivity index (χ4v) is 3.19. The molecule has 0 amide bonds. The van der Waals surface area contributed by atoms with Crippen molar-refractivity contribution in [1.29, 1.82) is 0 Å². The van der Waals surface area contributed by atoms with Crippen LogP contribution in [0.2, 0.25) is 0 Å². The number of aromatic nitrogens is 2. The normalized spacial score (nSPS) is 24.6. The average molecular weight is 244 g/mol. The minimum Gasteiger partial charge on any atom is -0.381 e. The quantitative estimate of drug-likeness (QED) is 0.808. The van der Waals surface area contributed by atoms with E-state index in [0.717, 1.165) is 17.8 Å². The second-order valence-electron chi connectivity index (χ2n) is 5.20. The molecule has 0 aliphatic heterocycles. The molecule has 18 heavy (non-hydrogen) atoms. The average Bonchev–Trinajstić information content (AvgIpc) is 2.74. The van der Waals surface area contributed by atoms with Gasteiger partial charge in [0.25, 0.3) is 0 Å². The Morgan fingerprint density at radius 2 is 2.11 bits per heavy atom. The highest BCUT2D eigenvalue weighted by atomic mass is 16.5. The number of ether oxygens (including phenoxy) is 1. The molecule has 3 rings (SSSR count). The van der Waals surface area contributed by atoms with E-state index in [2.05, 4.69) is 40.7 Å². The fraction of sp³-hybridized carbons (Fsp3) is 0.533. The third kappa shape index (κ3) is 1.93. The summed E-state index contributed by atoms with van der Waals surface area (Å²) in [5.41, 5.74) is 2.37. The molecule has 0 N–H and O–H groups in total. The number of benzene rings is 1. The third-order valence-corrected chi connectivity index (χ3v) is 4.07. The highest BCUT2D eigenvalue weighted by Crippen LogP contribution is 2.33. The lowest BCUT2D eigenvalue weighted by molar-refractivity contribution is 0.0534.